The van der Waals surface area contributed by atoms with Gasteiger partial charge in [0.1, 0.15) is 0 Å². The van der Waals surface area contributed by atoms with Crippen LogP contribution in [0, 0.1) is 12.7 Å². The molecule has 0 radical (unpaired) electrons. The van der Waals surface area contributed by atoms with Gasteiger partial charge in [-0.05, 0) is 25.1 Å². The molecule has 28 heavy (non-hydrogen) atoms. The Morgan fingerprint density at radius 3 is 2.57 bits per heavy atom. The lowest BCUT2D eigenvalue weighted by atomic mass is 10.3. The van der Waals surface area contributed by atoms with E-state index in [1.807, 2.05) is 4.72 Å². The van der Waals surface area contributed by atoms with E-state index >= 15 is 0 Å². The molecule has 2 heterocycles. The number of aryl methyl sites for hydroxylation is 1. The molecule has 1 aromatic carbocycles. The van der Waals surface area contributed by atoms with E-state index in [4.69, 9.17) is 9.47 Å². The zero-order valence-corrected chi connectivity index (χ0v) is 16.3. The molecule has 2 aromatic heterocycles. The third-order valence-electron chi connectivity index (χ3n) is 3.43. The molecule has 0 aliphatic rings. The molecule has 0 unspecified atom stereocenters. The van der Waals surface area contributed by atoms with Gasteiger partial charge in [-0.1, -0.05) is 23.5 Å². The van der Waals surface area contributed by atoms with Gasteiger partial charge >= 0.3 is 0 Å². The second kappa shape index (κ2) is 7.90. The van der Waals surface area contributed by atoms with Crippen LogP contribution in [0.5, 0.6) is 16.8 Å². The van der Waals surface area contributed by atoms with E-state index in [0.29, 0.717) is 0 Å². The smallest absolute Gasteiger partial charge is 0.275 e. The molecule has 0 fully saturated rings. The highest BCUT2D eigenvalue weighted by Gasteiger charge is 2.25. The summed E-state index contributed by atoms with van der Waals surface area (Å²) in [6.07, 6.45) is 1.13. The molecule has 3 aromatic rings. The Morgan fingerprint density at radius 2 is 1.96 bits per heavy atom. The molecular formula is C17H14FN3O5S2. The van der Waals surface area contributed by atoms with E-state index in [2.05, 4.69) is 9.97 Å². The number of hydrogen-bond acceptors (Lipinski definition) is 8. The van der Waals surface area contributed by atoms with E-state index < -0.39 is 21.7 Å². The predicted octanol–water partition coefficient (Wildman–Crippen LogP) is 2.91. The van der Waals surface area contributed by atoms with Gasteiger partial charge in [0.25, 0.3) is 21.1 Å². The number of sulfonamides is 1. The van der Waals surface area contributed by atoms with Crippen molar-refractivity contribution in [2.75, 3.05) is 7.11 Å². The Balaban J connectivity index is 1.74. The Bertz CT molecular complexity index is 1110. The van der Waals surface area contributed by atoms with Gasteiger partial charge < -0.3 is 9.47 Å². The van der Waals surface area contributed by atoms with Crippen LogP contribution < -0.4 is 14.2 Å². The zero-order chi connectivity index (χ0) is 20.3. The molecule has 0 aliphatic heterocycles. The van der Waals surface area contributed by atoms with E-state index in [9.17, 15) is 17.6 Å². The number of nitrogens with one attached hydrogen (secondary N) is 1. The average molecular weight is 423 g/mol. The van der Waals surface area contributed by atoms with Crippen molar-refractivity contribution in [2.45, 2.75) is 11.1 Å². The molecule has 11 heteroatoms. The molecule has 0 aliphatic carbocycles. The molecule has 0 bridgehead atoms. The van der Waals surface area contributed by atoms with Crippen molar-refractivity contribution in [3.63, 3.8) is 0 Å². The monoisotopic (exact) mass is 423 g/mol. The standard InChI is InChI=1S/C17H14FN3O5S2/c1-10-16(27-17(20-10)25-2)28(23,24)21-15(22)11-7-8-14(19-9-11)26-13-6-4-3-5-12(13)18/h3-9H,1-2H3,(H,21,22). The minimum atomic E-state index is -4.12. The number of rotatable bonds is 6. The molecule has 1 amide bonds. The number of methoxy groups -OCH3 is 1. The van der Waals surface area contributed by atoms with E-state index in [1.165, 1.54) is 44.4 Å². The maximum atomic E-state index is 13.6. The summed E-state index contributed by atoms with van der Waals surface area (Å²) in [5, 5.41) is 0.168. The normalized spacial score (nSPS) is 11.1. The van der Waals surface area contributed by atoms with Gasteiger partial charge in [-0.15, -0.1) is 0 Å². The fraction of sp³-hybridized carbons (Fsp3) is 0.118. The van der Waals surface area contributed by atoms with Crippen molar-refractivity contribution in [1.82, 2.24) is 14.7 Å². The summed E-state index contributed by atoms with van der Waals surface area (Å²) in [4.78, 5) is 20.1. The van der Waals surface area contributed by atoms with Crippen molar-refractivity contribution in [3.8, 4) is 16.8 Å². The number of para-hydroxylation sites is 1. The third-order valence-corrected chi connectivity index (χ3v) is 6.49. The number of amides is 1. The highest BCUT2D eigenvalue weighted by Crippen LogP contribution is 2.28. The molecule has 146 valence electrons. The van der Waals surface area contributed by atoms with Crippen molar-refractivity contribution < 1.29 is 27.1 Å². The van der Waals surface area contributed by atoms with Gasteiger partial charge in [-0.3, -0.25) is 4.79 Å². The highest BCUT2D eigenvalue weighted by atomic mass is 32.2. The SMILES string of the molecule is COc1nc(C)c(S(=O)(=O)NC(=O)c2ccc(Oc3ccccc3F)nc2)s1. The maximum absolute atomic E-state index is 13.6. The number of aromatic nitrogens is 2. The van der Waals surface area contributed by atoms with Crippen LogP contribution in [0.25, 0.3) is 0 Å². The van der Waals surface area contributed by atoms with Gasteiger partial charge in [0.05, 0.1) is 18.4 Å². The van der Waals surface area contributed by atoms with Crippen molar-refractivity contribution in [2.24, 2.45) is 0 Å². The number of hydrogen-bond donors (Lipinski definition) is 1. The fourth-order valence-corrected chi connectivity index (χ4v) is 4.42. The molecule has 0 saturated carbocycles. The highest BCUT2D eigenvalue weighted by molar-refractivity contribution is 7.92. The second-order valence-corrected chi connectivity index (χ2v) is 8.25. The fourth-order valence-electron chi connectivity index (χ4n) is 2.14. The van der Waals surface area contributed by atoms with Crippen LogP contribution in [0.15, 0.2) is 46.8 Å². The molecule has 8 nitrogen and oxygen atoms in total. The average Bonchev–Trinajstić information content (AvgIpc) is 3.06. The number of nitrogens with zero attached hydrogens (tertiary/aromatic N) is 2. The molecule has 3 rings (SSSR count). The van der Waals surface area contributed by atoms with Gasteiger partial charge in [-0.2, -0.15) is 0 Å². The number of carbonyl (C=O) groups excluding carboxylic acids is 1. The second-order valence-electron chi connectivity index (χ2n) is 5.41. The van der Waals surface area contributed by atoms with Crippen molar-refractivity contribution >= 4 is 27.3 Å². The van der Waals surface area contributed by atoms with Crippen LogP contribution in [0.4, 0.5) is 4.39 Å². The largest absolute Gasteiger partial charge is 0.473 e. The lowest BCUT2D eigenvalue weighted by Gasteiger charge is -2.07. The molecule has 1 N–H and O–H groups in total. The molecular weight excluding hydrogens is 409 g/mol. The van der Waals surface area contributed by atoms with E-state index in [-0.39, 0.29) is 32.3 Å². The number of halogens is 1. The van der Waals surface area contributed by atoms with E-state index in [0.717, 1.165) is 17.5 Å². The molecule has 0 saturated heterocycles. The summed E-state index contributed by atoms with van der Waals surface area (Å²) in [7, 11) is -2.76. The quantitative estimate of drug-likeness (QED) is 0.649. The maximum Gasteiger partial charge on any atom is 0.275 e. The van der Waals surface area contributed by atoms with Gasteiger partial charge in [0.15, 0.2) is 15.8 Å². The van der Waals surface area contributed by atoms with Gasteiger partial charge in [0.2, 0.25) is 5.88 Å². The number of pyridine rings is 1. The number of thiazole rings is 1. The Kier molecular flexibility index (Phi) is 5.56. The summed E-state index contributed by atoms with van der Waals surface area (Å²) in [6.45, 7) is 1.49. The summed E-state index contributed by atoms with van der Waals surface area (Å²) in [5.41, 5.74) is 0.201. The van der Waals surface area contributed by atoms with Gasteiger partial charge in [0, 0.05) is 12.3 Å². The summed E-state index contributed by atoms with van der Waals surface area (Å²) >= 11 is 0.801. The minimum Gasteiger partial charge on any atom is -0.473 e. The Hall–Kier alpha value is -3.05. The Morgan fingerprint density at radius 1 is 1.21 bits per heavy atom. The third kappa shape index (κ3) is 4.26. The van der Waals surface area contributed by atoms with Crippen molar-refractivity contribution in [3.05, 3.63) is 59.7 Å². The van der Waals surface area contributed by atoms with Crippen LogP contribution >= 0.6 is 11.3 Å². The number of carbonyl (C=O) groups is 1. The first kappa shape index (κ1) is 19.7. The summed E-state index contributed by atoms with van der Waals surface area (Å²) < 4.78 is 50.4. The first-order valence-corrected chi connectivity index (χ1v) is 10.1. The minimum absolute atomic E-state index is 0.0152. The number of ether oxygens (including phenoxy) is 2. The lowest BCUT2D eigenvalue weighted by Crippen LogP contribution is -2.30. The first-order chi connectivity index (χ1) is 13.3. The van der Waals surface area contributed by atoms with Crippen LogP contribution in [0.3, 0.4) is 0 Å². The summed E-state index contributed by atoms with van der Waals surface area (Å²) in [6, 6.07) is 8.42. The van der Waals surface area contributed by atoms with Crippen LogP contribution in [-0.4, -0.2) is 31.4 Å². The van der Waals surface area contributed by atoms with E-state index in [1.54, 1.807) is 6.07 Å². The van der Waals surface area contributed by atoms with Crippen LogP contribution in [0.2, 0.25) is 0 Å². The Labute approximate surface area is 164 Å². The van der Waals surface area contributed by atoms with Crippen LogP contribution in [-0.2, 0) is 10.0 Å². The zero-order valence-electron chi connectivity index (χ0n) is 14.7. The van der Waals surface area contributed by atoms with Gasteiger partial charge in [-0.25, -0.2) is 27.5 Å². The first-order valence-electron chi connectivity index (χ1n) is 7.77. The van der Waals surface area contributed by atoms with Crippen molar-refractivity contribution in [1.29, 1.82) is 0 Å². The number of benzene rings is 1. The molecule has 0 atom stereocenters. The topological polar surface area (TPSA) is 107 Å². The van der Waals surface area contributed by atoms with Crippen LogP contribution in [0.1, 0.15) is 16.1 Å². The summed E-state index contributed by atoms with van der Waals surface area (Å²) in [5.74, 6) is -1.42. The molecule has 0 spiro atoms. The lowest BCUT2D eigenvalue weighted by molar-refractivity contribution is 0.0981. The predicted molar refractivity (Wildman–Crippen MR) is 98.8 cm³/mol.